The molecule has 0 aromatic carbocycles. The molecule has 0 saturated heterocycles. The molecule has 0 radical (unpaired) electrons. The Morgan fingerprint density at radius 2 is 1.50 bits per heavy atom. The summed E-state index contributed by atoms with van der Waals surface area (Å²) < 4.78 is 0. The van der Waals surface area contributed by atoms with Crippen LogP contribution in [-0.2, 0) is 0 Å². The van der Waals surface area contributed by atoms with Crippen LogP contribution in [-0.4, -0.2) is 21.4 Å². The third kappa shape index (κ3) is 6.50. The van der Waals surface area contributed by atoms with E-state index in [2.05, 4.69) is 26.0 Å². The minimum Gasteiger partial charge on any atom is -0.386 e. The fourth-order valence-electron chi connectivity index (χ4n) is 2.73. The summed E-state index contributed by atoms with van der Waals surface area (Å²) >= 11 is 0. The molecule has 2 nitrogen and oxygen atoms in total. The zero-order valence-corrected chi connectivity index (χ0v) is 15.0. The molecule has 22 heavy (non-hydrogen) atoms. The second-order valence-corrected chi connectivity index (χ2v) is 7.51. The minimum absolute atomic E-state index is 0.127. The van der Waals surface area contributed by atoms with Crippen LogP contribution in [0.1, 0.15) is 73.1 Å². The van der Waals surface area contributed by atoms with Crippen LogP contribution in [0.3, 0.4) is 0 Å². The molecule has 0 fully saturated rings. The lowest BCUT2D eigenvalue weighted by Crippen LogP contribution is -2.34. The van der Waals surface area contributed by atoms with Crippen molar-refractivity contribution in [1.29, 1.82) is 0 Å². The lowest BCUT2D eigenvalue weighted by atomic mass is 9.82. The molecular weight excluding hydrogens is 272 g/mol. The molecule has 2 N–H and O–H groups in total. The molecule has 0 heterocycles. The van der Waals surface area contributed by atoms with Crippen LogP contribution in [0, 0.1) is 5.92 Å². The number of allylic oxidation sites excluding steroid dienone is 4. The molecule has 0 unspecified atom stereocenters. The van der Waals surface area contributed by atoms with E-state index in [4.69, 9.17) is 0 Å². The first-order valence-electron chi connectivity index (χ1n) is 8.61. The summed E-state index contributed by atoms with van der Waals surface area (Å²) in [6.07, 6.45) is 13.4. The smallest absolute Gasteiger partial charge is 0.0854 e. The quantitative estimate of drug-likeness (QED) is 0.674. The summed E-state index contributed by atoms with van der Waals surface area (Å²) in [7, 11) is 0. The van der Waals surface area contributed by atoms with E-state index in [1.54, 1.807) is 6.08 Å². The van der Waals surface area contributed by atoms with Crippen molar-refractivity contribution in [3.63, 3.8) is 0 Å². The molecule has 0 amide bonds. The van der Waals surface area contributed by atoms with E-state index >= 15 is 0 Å². The zero-order chi connectivity index (χ0) is 16.8. The first-order valence-corrected chi connectivity index (χ1v) is 8.61. The zero-order valence-electron chi connectivity index (χ0n) is 15.0. The molecule has 0 spiro atoms. The number of hydrogen-bond donors (Lipinski definition) is 2. The Morgan fingerprint density at radius 3 is 2.14 bits per heavy atom. The molecule has 0 aromatic heterocycles. The van der Waals surface area contributed by atoms with Gasteiger partial charge in [0.15, 0.2) is 0 Å². The summed E-state index contributed by atoms with van der Waals surface area (Å²) in [5.74, 6) is 0.127. The molecular formula is C20H34O2. The van der Waals surface area contributed by atoms with Gasteiger partial charge in [-0.3, -0.25) is 0 Å². The monoisotopic (exact) mass is 306 g/mol. The number of rotatable bonds is 1. The fourth-order valence-corrected chi connectivity index (χ4v) is 2.73. The third-order valence-electron chi connectivity index (χ3n) is 4.83. The summed E-state index contributed by atoms with van der Waals surface area (Å²) in [5.41, 5.74) is 1.01. The van der Waals surface area contributed by atoms with Gasteiger partial charge in [-0.05, 0) is 65.2 Å². The van der Waals surface area contributed by atoms with Crippen LogP contribution in [0.25, 0.3) is 0 Å². The lowest BCUT2D eigenvalue weighted by molar-refractivity contribution is 0.0309. The van der Waals surface area contributed by atoms with Gasteiger partial charge >= 0.3 is 0 Å². The summed E-state index contributed by atoms with van der Waals surface area (Å²) in [6.45, 7) is 10.2. The second-order valence-electron chi connectivity index (χ2n) is 7.51. The van der Waals surface area contributed by atoms with E-state index in [0.717, 1.165) is 25.7 Å². The summed E-state index contributed by atoms with van der Waals surface area (Å²) in [4.78, 5) is 0. The molecule has 1 aliphatic carbocycles. The normalized spacial score (nSPS) is 38.5. The van der Waals surface area contributed by atoms with Gasteiger partial charge in [0.25, 0.3) is 0 Å². The maximum Gasteiger partial charge on any atom is 0.0854 e. The van der Waals surface area contributed by atoms with Crippen molar-refractivity contribution in [2.75, 3.05) is 0 Å². The summed E-state index contributed by atoms with van der Waals surface area (Å²) in [5, 5.41) is 21.4. The minimum atomic E-state index is -0.866. The van der Waals surface area contributed by atoms with Crippen LogP contribution in [0.2, 0.25) is 0 Å². The van der Waals surface area contributed by atoms with Gasteiger partial charge in [-0.2, -0.15) is 0 Å². The third-order valence-corrected chi connectivity index (χ3v) is 4.83. The van der Waals surface area contributed by atoms with Crippen molar-refractivity contribution in [3.05, 3.63) is 35.5 Å². The number of aliphatic hydroxyl groups is 2. The fraction of sp³-hybridized carbons (Fsp3) is 0.700. The Bertz CT molecular complexity index is 441. The average molecular weight is 306 g/mol. The SMILES string of the molecule is C/C1=C/CC/C(C)=C/CC[C@](C)(O)/C=C/[C@](O)(C(C)C)CC1. The highest BCUT2D eigenvalue weighted by atomic mass is 16.3. The van der Waals surface area contributed by atoms with Crippen LogP contribution in [0.15, 0.2) is 35.5 Å². The predicted molar refractivity (Wildman–Crippen MR) is 94.8 cm³/mol. The van der Waals surface area contributed by atoms with Crippen molar-refractivity contribution in [2.24, 2.45) is 5.92 Å². The van der Waals surface area contributed by atoms with Gasteiger partial charge in [-0.25, -0.2) is 0 Å². The molecule has 0 aliphatic heterocycles. The Kier molecular flexibility index (Phi) is 7.08. The van der Waals surface area contributed by atoms with Crippen molar-refractivity contribution in [2.45, 2.75) is 84.3 Å². The molecule has 1 aliphatic rings. The van der Waals surface area contributed by atoms with Crippen LogP contribution < -0.4 is 0 Å². The maximum atomic E-state index is 10.9. The average Bonchev–Trinajstić information content (AvgIpc) is 2.42. The molecule has 1 rings (SSSR count). The van der Waals surface area contributed by atoms with Crippen molar-refractivity contribution in [3.8, 4) is 0 Å². The van der Waals surface area contributed by atoms with Crippen LogP contribution >= 0.6 is 0 Å². The largest absolute Gasteiger partial charge is 0.386 e. The van der Waals surface area contributed by atoms with Gasteiger partial charge < -0.3 is 10.2 Å². The van der Waals surface area contributed by atoms with Gasteiger partial charge in [0.1, 0.15) is 0 Å². The van der Waals surface area contributed by atoms with E-state index in [9.17, 15) is 10.2 Å². The van der Waals surface area contributed by atoms with Crippen LogP contribution in [0.4, 0.5) is 0 Å². The Balaban J connectivity index is 3.00. The van der Waals surface area contributed by atoms with Crippen molar-refractivity contribution in [1.82, 2.24) is 0 Å². The van der Waals surface area contributed by atoms with E-state index in [-0.39, 0.29) is 5.92 Å². The molecule has 0 saturated carbocycles. The Labute approximate surface area is 136 Å². The molecule has 2 heteroatoms. The van der Waals surface area contributed by atoms with E-state index in [0.29, 0.717) is 12.8 Å². The van der Waals surface area contributed by atoms with Gasteiger partial charge in [-0.15, -0.1) is 0 Å². The highest BCUT2D eigenvalue weighted by Crippen LogP contribution is 2.29. The predicted octanol–water partition coefficient (Wildman–Crippen LogP) is 4.93. The van der Waals surface area contributed by atoms with Gasteiger partial charge in [0.05, 0.1) is 11.2 Å². The maximum absolute atomic E-state index is 10.9. The van der Waals surface area contributed by atoms with Gasteiger partial charge in [0, 0.05) is 0 Å². The first-order chi connectivity index (χ1) is 10.1. The molecule has 2 atom stereocenters. The standard InChI is InChI=1S/C20H34O2/c1-16(2)20(22)13-11-18(4)9-6-8-17(3)10-7-12-19(5,21)14-15-20/h9-10,14-16,21-22H,6-8,11-13H2,1-5H3/b15-14+,17-10+,18-9-/t19-,20-/m0/s1. The number of hydrogen-bond acceptors (Lipinski definition) is 2. The molecule has 0 aromatic rings. The Morgan fingerprint density at radius 1 is 0.909 bits per heavy atom. The van der Waals surface area contributed by atoms with Crippen molar-refractivity contribution >= 4 is 0 Å². The van der Waals surface area contributed by atoms with E-state index in [1.807, 2.05) is 26.8 Å². The molecule has 0 bridgehead atoms. The Hall–Kier alpha value is -0.860. The van der Waals surface area contributed by atoms with E-state index < -0.39 is 11.2 Å². The highest BCUT2D eigenvalue weighted by Gasteiger charge is 2.29. The van der Waals surface area contributed by atoms with Gasteiger partial charge in [0.2, 0.25) is 0 Å². The highest BCUT2D eigenvalue weighted by molar-refractivity contribution is 5.12. The lowest BCUT2D eigenvalue weighted by Gasteiger charge is -2.31. The summed E-state index contributed by atoms with van der Waals surface area (Å²) in [6, 6.07) is 0. The second kappa shape index (κ2) is 8.12. The molecule has 126 valence electrons. The van der Waals surface area contributed by atoms with Gasteiger partial charge in [-0.1, -0.05) is 49.3 Å². The topological polar surface area (TPSA) is 40.5 Å². The van der Waals surface area contributed by atoms with Crippen LogP contribution in [0.5, 0.6) is 0 Å². The van der Waals surface area contributed by atoms with Crippen molar-refractivity contribution < 1.29 is 10.2 Å². The van der Waals surface area contributed by atoms with E-state index in [1.165, 1.54) is 11.1 Å². The first kappa shape index (κ1) is 19.2.